The second kappa shape index (κ2) is 14.2. The molecule has 0 spiro atoms. The minimum Gasteiger partial charge on any atom is -0.506 e. The number of nitrogens with zero attached hydrogens (tertiary/aromatic N) is 3. The first-order valence-electron chi connectivity index (χ1n) is 16.9. The molecule has 0 fully saturated rings. The maximum absolute atomic E-state index is 14.0. The fourth-order valence-corrected chi connectivity index (χ4v) is 6.39. The van der Waals surface area contributed by atoms with E-state index in [0.29, 0.717) is 23.5 Å². The molecule has 1 N–H and O–H groups in total. The van der Waals surface area contributed by atoms with E-state index < -0.39 is 0 Å². The Kier molecular flexibility index (Phi) is 8.86. The van der Waals surface area contributed by atoms with Crippen LogP contribution in [0.5, 0.6) is 5.75 Å². The normalized spacial score (nSPS) is 11.0. The molecule has 0 atom stereocenters. The molecule has 0 unspecified atom stereocenters. The van der Waals surface area contributed by atoms with Crippen molar-refractivity contribution >= 4 is 0 Å². The van der Waals surface area contributed by atoms with Crippen molar-refractivity contribution in [3.05, 3.63) is 193 Å². The van der Waals surface area contributed by atoms with Crippen LogP contribution in [0.3, 0.4) is 0 Å². The monoisotopic (exact) mass is 679 g/mol. The molecule has 0 radical (unpaired) electrons. The summed E-state index contributed by atoms with van der Waals surface area (Å²) in [6, 6.07) is 48.4. The van der Waals surface area contributed by atoms with Crippen LogP contribution in [-0.2, 0) is 6.42 Å². The molecule has 5 aromatic carbocycles. The summed E-state index contributed by atoms with van der Waals surface area (Å²) in [6.45, 7) is 0. The predicted octanol–water partition coefficient (Wildman–Crippen LogP) is 11.4. The number of benzene rings is 5. The van der Waals surface area contributed by atoms with Gasteiger partial charge in [-0.2, -0.15) is 0 Å². The highest BCUT2D eigenvalue weighted by Crippen LogP contribution is 2.37. The summed E-state index contributed by atoms with van der Waals surface area (Å²) < 4.78 is 27.8. The van der Waals surface area contributed by atoms with Crippen LogP contribution >= 0.6 is 0 Å². The van der Waals surface area contributed by atoms with Crippen molar-refractivity contribution in [1.29, 1.82) is 0 Å². The van der Waals surface area contributed by atoms with Gasteiger partial charge in [-0.3, -0.25) is 9.97 Å². The summed E-state index contributed by atoms with van der Waals surface area (Å²) in [7, 11) is 0. The number of halogens is 2. The fourth-order valence-electron chi connectivity index (χ4n) is 6.39. The number of aromatic nitrogens is 3. The molecule has 8 aromatic rings. The molecule has 52 heavy (non-hydrogen) atoms. The molecule has 6 heteroatoms. The summed E-state index contributed by atoms with van der Waals surface area (Å²) in [5.74, 6) is -0.624. The molecule has 0 saturated heterocycles. The highest BCUT2D eigenvalue weighted by molar-refractivity contribution is 5.81. The first kappa shape index (κ1) is 32.4. The molecule has 0 aliphatic rings. The van der Waals surface area contributed by atoms with Crippen LogP contribution in [0.15, 0.2) is 170 Å². The van der Waals surface area contributed by atoms with E-state index in [1.807, 2.05) is 78.9 Å². The van der Waals surface area contributed by atoms with Gasteiger partial charge in [0.25, 0.3) is 0 Å². The van der Waals surface area contributed by atoms with E-state index in [9.17, 15) is 13.9 Å². The standard InChI is InChI=1S/C46H31F2N3O/c47-39-17-13-32(14-18-39)34-21-22-49-43(25-34)41-24-36(12-11-35(41)23-30-7-3-1-4-8-30)42-26-37(33-15-19-40(48)20-16-33)27-44(51-42)46-45(52)28-38(29-50-46)31-9-5-2-6-10-31/h1-22,24-29,52H,23H2. The van der Waals surface area contributed by atoms with Crippen LogP contribution < -0.4 is 0 Å². The van der Waals surface area contributed by atoms with E-state index in [1.165, 1.54) is 24.3 Å². The van der Waals surface area contributed by atoms with Crippen molar-refractivity contribution in [3.63, 3.8) is 0 Å². The highest BCUT2D eigenvalue weighted by atomic mass is 19.1. The zero-order valence-corrected chi connectivity index (χ0v) is 27.9. The summed E-state index contributed by atoms with van der Waals surface area (Å²) in [5.41, 5.74) is 11.3. The van der Waals surface area contributed by atoms with Gasteiger partial charge in [-0.25, -0.2) is 13.8 Å². The summed E-state index contributed by atoms with van der Waals surface area (Å²) in [6.07, 6.45) is 4.18. The Hall–Kier alpha value is -6.79. The zero-order chi connectivity index (χ0) is 35.4. The molecule has 0 amide bonds. The Morgan fingerprint density at radius 1 is 0.462 bits per heavy atom. The Labute approximate surface area is 300 Å². The van der Waals surface area contributed by atoms with E-state index in [2.05, 4.69) is 29.2 Å². The molecule has 0 aliphatic carbocycles. The lowest BCUT2D eigenvalue weighted by Gasteiger charge is -2.15. The van der Waals surface area contributed by atoms with E-state index in [4.69, 9.17) is 9.97 Å². The lowest BCUT2D eigenvalue weighted by Crippen LogP contribution is -1.97. The molecule has 8 rings (SSSR count). The first-order valence-corrected chi connectivity index (χ1v) is 16.9. The van der Waals surface area contributed by atoms with Crippen molar-refractivity contribution in [2.75, 3.05) is 0 Å². The molecule has 3 aromatic heterocycles. The van der Waals surface area contributed by atoms with Gasteiger partial charge in [-0.15, -0.1) is 0 Å². The van der Waals surface area contributed by atoms with Gasteiger partial charge in [0.2, 0.25) is 0 Å². The zero-order valence-electron chi connectivity index (χ0n) is 27.9. The number of aromatic hydroxyl groups is 1. The van der Waals surface area contributed by atoms with Crippen LogP contribution in [0.25, 0.3) is 67.3 Å². The Balaban J connectivity index is 1.27. The van der Waals surface area contributed by atoms with E-state index in [1.54, 1.807) is 42.7 Å². The fraction of sp³-hybridized carbons (Fsp3) is 0.0217. The number of hydrogen-bond acceptors (Lipinski definition) is 4. The van der Waals surface area contributed by atoms with Crippen LogP contribution in [0.4, 0.5) is 8.78 Å². The van der Waals surface area contributed by atoms with Gasteiger partial charge in [0.1, 0.15) is 23.1 Å². The third-order valence-corrected chi connectivity index (χ3v) is 9.08. The van der Waals surface area contributed by atoms with Crippen LogP contribution in [0.1, 0.15) is 11.1 Å². The van der Waals surface area contributed by atoms with Crippen LogP contribution in [0.2, 0.25) is 0 Å². The van der Waals surface area contributed by atoms with Crippen molar-refractivity contribution < 1.29 is 13.9 Å². The highest BCUT2D eigenvalue weighted by Gasteiger charge is 2.17. The van der Waals surface area contributed by atoms with Gasteiger partial charge in [0, 0.05) is 29.1 Å². The average molecular weight is 680 g/mol. The third kappa shape index (κ3) is 6.96. The molecule has 4 nitrogen and oxygen atoms in total. The number of hydrogen-bond donors (Lipinski definition) is 1. The molecule has 0 saturated carbocycles. The van der Waals surface area contributed by atoms with E-state index >= 15 is 0 Å². The van der Waals surface area contributed by atoms with E-state index in [-0.39, 0.29) is 17.4 Å². The SMILES string of the molecule is Oc1cc(-c2ccccc2)cnc1-c1cc(-c2ccc(F)cc2)cc(-c2ccc(Cc3ccccc3)c(-c3cc(-c4ccc(F)cc4)ccn3)c2)n1. The van der Waals surface area contributed by atoms with Crippen molar-refractivity contribution in [2.24, 2.45) is 0 Å². The molecule has 0 bridgehead atoms. The topological polar surface area (TPSA) is 58.9 Å². The number of rotatable bonds is 8. The maximum atomic E-state index is 14.0. The number of pyridine rings is 3. The third-order valence-electron chi connectivity index (χ3n) is 9.08. The molecular formula is C46H31F2N3O. The Morgan fingerprint density at radius 3 is 1.75 bits per heavy atom. The van der Waals surface area contributed by atoms with Crippen molar-refractivity contribution in [1.82, 2.24) is 15.0 Å². The smallest absolute Gasteiger partial charge is 0.144 e. The van der Waals surface area contributed by atoms with Crippen LogP contribution in [0, 0.1) is 11.6 Å². The van der Waals surface area contributed by atoms with Gasteiger partial charge in [-0.1, -0.05) is 97.1 Å². The molecule has 250 valence electrons. The average Bonchev–Trinajstić information content (AvgIpc) is 3.19. The lowest BCUT2D eigenvalue weighted by atomic mass is 9.93. The second-order valence-electron chi connectivity index (χ2n) is 12.6. The molecular weight excluding hydrogens is 649 g/mol. The summed E-state index contributed by atoms with van der Waals surface area (Å²) in [4.78, 5) is 14.5. The van der Waals surface area contributed by atoms with Crippen molar-refractivity contribution in [3.8, 4) is 73.0 Å². The minimum absolute atomic E-state index is 0.00299. The lowest BCUT2D eigenvalue weighted by molar-refractivity contribution is 0.475. The van der Waals surface area contributed by atoms with E-state index in [0.717, 1.165) is 61.3 Å². The van der Waals surface area contributed by atoms with Gasteiger partial charge < -0.3 is 5.11 Å². The first-order chi connectivity index (χ1) is 25.5. The van der Waals surface area contributed by atoms with Crippen molar-refractivity contribution in [2.45, 2.75) is 6.42 Å². The largest absolute Gasteiger partial charge is 0.506 e. The van der Waals surface area contributed by atoms with Gasteiger partial charge in [0.05, 0.1) is 17.1 Å². The van der Waals surface area contributed by atoms with Gasteiger partial charge in [-0.05, 0) is 106 Å². The Morgan fingerprint density at radius 2 is 1.06 bits per heavy atom. The quantitative estimate of drug-likeness (QED) is 0.174. The minimum atomic E-state index is -0.330. The van der Waals surface area contributed by atoms with Crippen LogP contribution in [-0.4, -0.2) is 20.1 Å². The molecule has 3 heterocycles. The summed E-state index contributed by atoms with van der Waals surface area (Å²) in [5, 5.41) is 11.3. The molecule has 0 aliphatic heterocycles. The summed E-state index contributed by atoms with van der Waals surface area (Å²) >= 11 is 0. The van der Waals surface area contributed by atoms with Gasteiger partial charge in [0.15, 0.2) is 0 Å². The Bertz CT molecular complexity index is 2500. The predicted molar refractivity (Wildman–Crippen MR) is 203 cm³/mol. The maximum Gasteiger partial charge on any atom is 0.144 e. The second-order valence-corrected chi connectivity index (χ2v) is 12.6. The van der Waals surface area contributed by atoms with Gasteiger partial charge >= 0.3 is 0 Å².